The fourth-order valence-electron chi connectivity index (χ4n) is 5.35. The van der Waals surface area contributed by atoms with Crippen molar-refractivity contribution >= 4 is 11.6 Å². The first kappa shape index (κ1) is 21.6. The molecule has 0 spiro atoms. The Morgan fingerprint density at radius 3 is 2.62 bits per heavy atom. The fraction of sp³-hybridized carbons (Fsp3) is 0.600. The molecule has 158 valence electrons. The van der Waals surface area contributed by atoms with Gasteiger partial charge in [0, 0.05) is 18.2 Å². The zero-order chi connectivity index (χ0) is 21.5. The Kier molecular flexibility index (Phi) is 5.93. The second kappa shape index (κ2) is 7.97. The van der Waals surface area contributed by atoms with Crippen LogP contribution in [0.5, 0.6) is 0 Å². The number of hydrogen-bond acceptors (Lipinski definition) is 4. The molecular weight excluding hydrogens is 362 g/mol. The van der Waals surface area contributed by atoms with Gasteiger partial charge in [-0.05, 0) is 60.8 Å². The summed E-state index contributed by atoms with van der Waals surface area (Å²) in [5, 5.41) is 14.0. The van der Waals surface area contributed by atoms with Crippen LogP contribution in [0.4, 0.5) is 0 Å². The summed E-state index contributed by atoms with van der Waals surface area (Å²) in [5.41, 5.74) is 4.36. The van der Waals surface area contributed by atoms with Gasteiger partial charge in [-0.2, -0.15) is 0 Å². The van der Waals surface area contributed by atoms with Gasteiger partial charge >= 0.3 is 0 Å². The molecule has 0 unspecified atom stereocenters. The van der Waals surface area contributed by atoms with E-state index >= 15 is 0 Å². The summed E-state index contributed by atoms with van der Waals surface area (Å²) in [6, 6.07) is 0. The predicted molar refractivity (Wildman–Crippen MR) is 116 cm³/mol. The Bertz CT molecular complexity index is 842. The first-order valence-electron chi connectivity index (χ1n) is 10.9. The molecule has 4 nitrogen and oxygen atoms in total. The first-order valence-corrected chi connectivity index (χ1v) is 10.9. The Morgan fingerprint density at radius 2 is 1.97 bits per heavy atom. The van der Waals surface area contributed by atoms with E-state index in [1.54, 1.807) is 0 Å². The highest BCUT2D eigenvalue weighted by Crippen LogP contribution is 2.55. The standard InChI is InChI=1S/C25H35NO3/c1-14(2)13-26-20-11-21(27)24(29)18(23(20)28)12-25(6)17(5)10-16(4)22-15(3)8-7-9-19(22)25/h11,14,16-17,26,28H,3,7-10,12-13H2,1-2,4-6H3/t16-,17-,25+/m1/s1. The number of rotatable bonds is 5. The molecule has 0 aliphatic heterocycles. The van der Waals surface area contributed by atoms with E-state index in [0.717, 1.165) is 25.7 Å². The van der Waals surface area contributed by atoms with Crippen molar-refractivity contribution in [2.45, 2.75) is 66.7 Å². The summed E-state index contributed by atoms with van der Waals surface area (Å²) >= 11 is 0. The highest BCUT2D eigenvalue weighted by molar-refractivity contribution is 6.48. The van der Waals surface area contributed by atoms with Crippen molar-refractivity contribution in [1.29, 1.82) is 0 Å². The van der Waals surface area contributed by atoms with E-state index in [4.69, 9.17) is 0 Å². The third-order valence-corrected chi connectivity index (χ3v) is 7.15. The summed E-state index contributed by atoms with van der Waals surface area (Å²) in [6.07, 6.45) is 5.77. The van der Waals surface area contributed by atoms with Gasteiger partial charge in [0.25, 0.3) is 0 Å². The van der Waals surface area contributed by atoms with Gasteiger partial charge in [0.2, 0.25) is 11.6 Å². The van der Waals surface area contributed by atoms with Crippen molar-refractivity contribution in [2.75, 3.05) is 6.54 Å². The molecule has 0 aromatic heterocycles. The van der Waals surface area contributed by atoms with E-state index in [0.29, 0.717) is 36.4 Å². The molecule has 0 heterocycles. The number of nitrogens with one attached hydrogen (secondary N) is 1. The Balaban J connectivity index is 2.02. The average molecular weight is 398 g/mol. The second-order valence-corrected chi connectivity index (χ2v) is 9.83. The molecule has 0 aromatic rings. The molecule has 0 bridgehead atoms. The summed E-state index contributed by atoms with van der Waals surface area (Å²) in [7, 11) is 0. The van der Waals surface area contributed by atoms with Crippen LogP contribution in [-0.2, 0) is 9.59 Å². The third kappa shape index (κ3) is 3.86. The highest BCUT2D eigenvalue weighted by Gasteiger charge is 2.46. The van der Waals surface area contributed by atoms with Crippen molar-refractivity contribution < 1.29 is 14.7 Å². The first-order chi connectivity index (χ1) is 13.6. The van der Waals surface area contributed by atoms with Gasteiger partial charge in [-0.15, -0.1) is 0 Å². The minimum absolute atomic E-state index is 0.0564. The van der Waals surface area contributed by atoms with Gasteiger partial charge in [0.1, 0.15) is 5.76 Å². The minimum Gasteiger partial charge on any atom is -0.505 e. The summed E-state index contributed by atoms with van der Waals surface area (Å²) in [6.45, 7) is 15.8. The molecule has 4 heteroatoms. The normalized spacial score (nSPS) is 30.7. The molecular formula is C25H35NO3. The van der Waals surface area contributed by atoms with Gasteiger partial charge in [-0.1, -0.05) is 52.3 Å². The van der Waals surface area contributed by atoms with Crippen LogP contribution >= 0.6 is 0 Å². The maximum absolute atomic E-state index is 12.8. The Morgan fingerprint density at radius 1 is 1.28 bits per heavy atom. The molecule has 0 radical (unpaired) electrons. The van der Waals surface area contributed by atoms with Crippen LogP contribution in [0.1, 0.15) is 66.7 Å². The smallest absolute Gasteiger partial charge is 0.232 e. The number of aliphatic hydroxyl groups excluding tert-OH is 1. The number of allylic oxidation sites excluding steroid dienone is 5. The lowest BCUT2D eigenvalue weighted by Gasteiger charge is -2.48. The predicted octanol–water partition coefficient (Wildman–Crippen LogP) is 5.19. The van der Waals surface area contributed by atoms with Crippen LogP contribution in [-0.4, -0.2) is 23.2 Å². The molecule has 0 amide bonds. The van der Waals surface area contributed by atoms with Crippen LogP contribution in [0.2, 0.25) is 0 Å². The zero-order valence-electron chi connectivity index (χ0n) is 18.5. The number of carbonyl (C=O) groups excluding carboxylic acids is 2. The molecule has 3 rings (SSSR count). The molecule has 3 atom stereocenters. The topological polar surface area (TPSA) is 66.4 Å². The molecule has 0 saturated heterocycles. The van der Waals surface area contributed by atoms with E-state index in [9.17, 15) is 14.7 Å². The number of Topliss-reactive ketones (excluding diaryl/α,β-unsaturated/α-hetero) is 1. The van der Waals surface area contributed by atoms with Crippen molar-refractivity contribution in [3.05, 3.63) is 46.4 Å². The van der Waals surface area contributed by atoms with Crippen LogP contribution in [0.15, 0.2) is 46.4 Å². The van der Waals surface area contributed by atoms with Crippen molar-refractivity contribution in [1.82, 2.24) is 5.32 Å². The van der Waals surface area contributed by atoms with E-state index in [1.165, 1.54) is 22.8 Å². The second-order valence-electron chi connectivity index (χ2n) is 9.83. The van der Waals surface area contributed by atoms with Gasteiger partial charge in [0.05, 0.1) is 5.70 Å². The van der Waals surface area contributed by atoms with Crippen LogP contribution in [0.3, 0.4) is 0 Å². The van der Waals surface area contributed by atoms with E-state index in [1.807, 2.05) is 0 Å². The van der Waals surface area contributed by atoms with Crippen molar-refractivity contribution in [3.8, 4) is 0 Å². The largest absolute Gasteiger partial charge is 0.505 e. The minimum atomic E-state index is -0.568. The maximum Gasteiger partial charge on any atom is 0.232 e. The Labute approximate surface area is 174 Å². The van der Waals surface area contributed by atoms with Gasteiger partial charge in [-0.3, -0.25) is 9.59 Å². The molecule has 0 aromatic carbocycles. The molecule has 3 aliphatic carbocycles. The summed E-state index contributed by atoms with van der Waals surface area (Å²) in [5.74, 6) is 0.00381. The lowest BCUT2D eigenvalue weighted by Crippen LogP contribution is -2.39. The number of carbonyl (C=O) groups is 2. The van der Waals surface area contributed by atoms with Crippen LogP contribution in [0, 0.1) is 23.2 Å². The lowest BCUT2D eigenvalue weighted by molar-refractivity contribution is -0.132. The highest BCUT2D eigenvalue weighted by atomic mass is 16.3. The van der Waals surface area contributed by atoms with Crippen LogP contribution in [0.25, 0.3) is 0 Å². The molecule has 0 saturated carbocycles. The van der Waals surface area contributed by atoms with E-state index in [2.05, 4.69) is 46.5 Å². The SMILES string of the molecule is C=C1CCCC2=C1[C@H](C)C[C@@H](C)[C@]2(C)CC1=C(O)C(NCC(C)C)=CC(=O)C1=O. The number of aliphatic hydroxyl groups is 1. The average Bonchev–Trinajstić information content (AvgIpc) is 2.65. The summed E-state index contributed by atoms with van der Waals surface area (Å²) in [4.78, 5) is 25.1. The Hall–Kier alpha value is -2.10. The molecule has 2 N–H and O–H groups in total. The van der Waals surface area contributed by atoms with Gasteiger partial charge < -0.3 is 10.4 Å². The lowest BCUT2D eigenvalue weighted by atomic mass is 9.56. The maximum atomic E-state index is 12.8. The van der Waals surface area contributed by atoms with E-state index < -0.39 is 11.6 Å². The van der Waals surface area contributed by atoms with E-state index in [-0.39, 0.29) is 16.7 Å². The summed E-state index contributed by atoms with van der Waals surface area (Å²) < 4.78 is 0. The quantitative estimate of drug-likeness (QED) is 0.495. The zero-order valence-corrected chi connectivity index (χ0v) is 18.5. The monoisotopic (exact) mass is 397 g/mol. The van der Waals surface area contributed by atoms with Gasteiger partial charge in [-0.25, -0.2) is 0 Å². The van der Waals surface area contributed by atoms with Gasteiger partial charge in [0.15, 0.2) is 0 Å². The van der Waals surface area contributed by atoms with Crippen LogP contribution < -0.4 is 5.32 Å². The molecule has 29 heavy (non-hydrogen) atoms. The molecule has 0 fully saturated rings. The fourth-order valence-corrected chi connectivity index (χ4v) is 5.35. The number of hydrogen-bond donors (Lipinski definition) is 2. The van der Waals surface area contributed by atoms with Crippen molar-refractivity contribution in [3.63, 3.8) is 0 Å². The van der Waals surface area contributed by atoms with Crippen molar-refractivity contribution in [2.24, 2.45) is 23.2 Å². The molecule has 3 aliphatic rings. The number of ketones is 2. The third-order valence-electron chi connectivity index (χ3n) is 7.15.